The highest BCUT2D eigenvalue weighted by Crippen LogP contribution is 2.25. The quantitative estimate of drug-likeness (QED) is 0.929. The van der Waals surface area contributed by atoms with Gasteiger partial charge in [-0.2, -0.15) is 5.10 Å². The third kappa shape index (κ3) is 3.36. The summed E-state index contributed by atoms with van der Waals surface area (Å²) in [5.41, 5.74) is 1.54. The maximum absolute atomic E-state index is 12.0. The maximum atomic E-state index is 12.0. The number of carbonyl (C=O) groups is 1. The maximum Gasteiger partial charge on any atom is 0.252 e. The van der Waals surface area contributed by atoms with Gasteiger partial charge in [0.2, 0.25) is 0 Å². The largest absolute Gasteiger partial charge is 0.352 e. The van der Waals surface area contributed by atoms with Gasteiger partial charge in [-0.25, -0.2) is 0 Å². The van der Waals surface area contributed by atoms with Gasteiger partial charge in [0, 0.05) is 36.4 Å². The van der Waals surface area contributed by atoms with E-state index in [0.717, 1.165) is 12.1 Å². The molecule has 1 amide bonds. The highest BCUT2D eigenvalue weighted by Gasteiger charge is 2.11. The Morgan fingerprint density at radius 3 is 2.95 bits per heavy atom. The van der Waals surface area contributed by atoms with Crippen molar-refractivity contribution >= 4 is 33.4 Å². The number of halogens is 2. The van der Waals surface area contributed by atoms with E-state index >= 15 is 0 Å². The molecule has 1 aromatic carbocycles. The van der Waals surface area contributed by atoms with Crippen molar-refractivity contribution in [3.8, 4) is 0 Å². The highest BCUT2D eigenvalue weighted by atomic mass is 79.9. The molecular weight excluding hydrogens is 330 g/mol. The molecule has 0 aliphatic heterocycles. The van der Waals surface area contributed by atoms with E-state index in [9.17, 15) is 4.79 Å². The fourth-order valence-electron chi connectivity index (χ4n) is 1.73. The fourth-order valence-corrected chi connectivity index (χ4v) is 2.30. The Morgan fingerprint density at radius 1 is 1.47 bits per heavy atom. The zero-order chi connectivity index (χ0) is 13.8. The lowest BCUT2D eigenvalue weighted by Crippen LogP contribution is -2.26. The monoisotopic (exact) mass is 341 g/mol. The molecule has 0 bridgehead atoms. The number of aryl methyl sites for hydroxylation is 1. The highest BCUT2D eigenvalue weighted by molar-refractivity contribution is 9.10. The van der Waals surface area contributed by atoms with Crippen LogP contribution in [0.2, 0.25) is 5.02 Å². The second-order valence-corrected chi connectivity index (χ2v) is 5.29. The molecule has 0 unspecified atom stereocenters. The standard InChI is InChI=1S/C13H13BrClN3O/c1-18-9(6-8-17-18)5-7-16-13(19)10-3-2-4-11(14)12(10)15/h2-4,6,8H,5,7H2,1H3,(H,16,19). The lowest BCUT2D eigenvalue weighted by Gasteiger charge is -2.07. The zero-order valence-corrected chi connectivity index (χ0v) is 12.7. The Morgan fingerprint density at radius 2 is 2.26 bits per heavy atom. The van der Waals surface area contributed by atoms with Gasteiger partial charge in [-0.15, -0.1) is 0 Å². The van der Waals surface area contributed by atoms with Crippen molar-refractivity contribution in [2.45, 2.75) is 6.42 Å². The number of rotatable bonds is 4. The lowest BCUT2D eigenvalue weighted by molar-refractivity contribution is 0.0954. The molecule has 0 atom stereocenters. The Hall–Kier alpha value is -1.33. The van der Waals surface area contributed by atoms with Crippen LogP contribution >= 0.6 is 27.5 Å². The van der Waals surface area contributed by atoms with E-state index in [1.807, 2.05) is 13.1 Å². The van der Waals surface area contributed by atoms with E-state index in [0.29, 0.717) is 21.6 Å². The fraction of sp³-hybridized carbons (Fsp3) is 0.231. The van der Waals surface area contributed by atoms with Crippen molar-refractivity contribution in [2.24, 2.45) is 7.05 Å². The average Bonchev–Trinajstić information content (AvgIpc) is 2.78. The van der Waals surface area contributed by atoms with Gasteiger partial charge in [-0.3, -0.25) is 9.48 Å². The summed E-state index contributed by atoms with van der Waals surface area (Å²) < 4.78 is 2.51. The number of nitrogens with one attached hydrogen (secondary N) is 1. The molecule has 19 heavy (non-hydrogen) atoms. The van der Waals surface area contributed by atoms with E-state index in [4.69, 9.17) is 11.6 Å². The second kappa shape index (κ2) is 6.21. The molecule has 100 valence electrons. The van der Waals surface area contributed by atoms with Crippen molar-refractivity contribution in [3.05, 3.63) is 51.2 Å². The van der Waals surface area contributed by atoms with Gasteiger partial charge < -0.3 is 5.32 Å². The number of hydrogen-bond acceptors (Lipinski definition) is 2. The summed E-state index contributed by atoms with van der Waals surface area (Å²) in [6.07, 6.45) is 2.47. The average molecular weight is 343 g/mol. The Balaban J connectivity index is 1.95. The van der Waals surface area contributed by atoms with Crippen LogP contribution in [0.5, 0.6) is 0 Å². The summed E-state index contributed by atoms with van der Waals surface area (Å²) in [6.45, 7) is 0.543. The number of amides is 1. The molecule has 0 radical (unpaired) electrons. The second-order valence-electron chi connectivity index (χ2n) is 4.05. The van der Waals surface area contributed by atoms with Crippen LogP contribution in [0.25, 0.3) is 0 Å². The third-order valence-corrected chi connectivity index (χ3v) is 4.08. The predicted molar refractivity (Wildman–Crippen MR) is 78.4 cm³/mol. The van der Waals surface area contributed by atoms with Gasteiger partial charge in [0.15, 0.2) is 0 Å². The molecule has 0 saturated heterocycles. The van der Waals surface area contributed by atoms with Gasteiger partial charge in [-0.05, 0) is 34.1 Å². The topological polar surface area (TPSA) is 46.9 Å². The number of hydrogen-bond donors (Lipinski definition) is 1. The molecular formula is C13H13BrClN3O. The van der Waals surface area contributed by atoms with E-state index < -0.39 is 0 Å². The summed E-state index contributed by atoms with van der Waals surface area (Å²) in [4.78, 5) is 12.0. The van der Waals surface area contributed by atoms with Gasteiger partial charge >= 0.3 is 0 Å². The number of nitrogens with zero attached hydrogens (tertiary/aromatic N) is 2. The minimum atomic E-state index is -0.173. The van der Waals surface area contributed by atoms with Crippen molar-refractivity contribution in [1.29, 1.82) is 0 Å². The lowest BCUT2D eigenvalue weighted by atomic mass is 10.2. The minimum Gasteiger partial charge on any atom is -0.352 e. The first-order chi connectivity index (χ1) is 9.09. The Labute approximate surface area is 124 Å². The third-order valence-electron chi connectivity index (χ3n) is 2.79. The normalized spacial score (nSPS) is 10.5. The minimum absolute atomic E-state index is 0.173. The molecule has 4 nitrogen and oxygen atoms in total. The van der Waals surface area contributed by atoms with E-state index in [2.05, 4.69) is 26.3 Å². The molecule has 0 spiro atoms. The van der Waals surface area contributed by atoms with Crippen molar-refractivity contribution in [1.82, 2.24) is 15.1 Å². The summed E-state index contributed by atoms with van der Waals surface area (Å²) in [5.74, 6) is -0.173. The zero-order valence-electron chi connectivity index (χ0n) is 10.4. The summed E-state index contributed by atoms with van der Waals surface area (Å²) >= 11 is 9.37. The first-order valence-corrected chi connectivity index (χ1v) is 6.96. The van der Waals surface area contributed by atoms with Crippen LogP contribution in [0.1, 0.15) is 16.1 Å². The van der Waals surface area contributed by atoms with Crippen LogP contribution in [0.3, 0.4) is 0 Å². The molecule has 2 aromatic rings. The van der Waals surface area contributed by atoms with Gasteiger partial charge in [0.25, 0.3) is 5.91 Å². The molecule has 2 rings (SSSR count). The Bertz CT molecular complexity index is 597. The van der Waals surface area contributed by atoms with Crippen LogP contribution in [0, 0.1) is 0 Å². The molecule has 0 aliphatic rings. The van der Waals surface area contributed by atoms with E-state index in [-0.39, 0.29) is 5.91 Å². The summed E-state index contributed by atoms with van der Waals surface area (Å²) in [7, 11) is 1.88. The van der Waals surface area contributed by atoms with Gasteiger partial charge in [-0.1, -0.05) is 17.7 Å². The van der Waals surface area contributed by atoms with Crippen LogP contribution < -0.4 is 5.32 Å². The molecule has 6 heteroatoms. The first kappa shape index (κ1) is 14.1. The molecule has 1 N–H and O–H groups in total. The van der Waals surface area contributed by atoms with Crippen LogP contribution in [0.15, 0.2) is 34.9 Å². The van der Waals surface area contributed by atoms with Crippen LogP contribution in [-0.2, 0) is 13.5 Å². The Kier molecular flexibility index (Phi) is 4.61. The van der Waals surface area contributed by atoms with Crippen LogP contribution in [-0.4, -0.2) is 22.2 Å². The van der Waals surface area contributed by atoms with Gasteiger partial charge in [0.1, 0.15) is 0 Å². The smallest absolute Gasteiger partial charge is 0.252 e. The number of carbonyl (C=O) groups excluding carboxylic acids is 1. The molecule has 1 heterocycles. The molecule has 0 aliphatic carbocycles. The predicted octanol–water partition coefficient (Wildman–Crippen LogP) is 2.81. The molecule has 0 saturated carbocycles. The van der Waals surface area contributed by atoms with Crippen molar-refractivity contribution in [3.63, 3.8) is 0 Å². The van der Waals surface area contributed by atoms with E-state index in [1.165, 1.54) is 0 Å². The summed E-state index contributed by atoms with van der Waals surface area (Å²) in [5, 5.41) is 7.35. The first-order valence-electron chi connectivity index (χ1n) is 5.78. The summed E-state index contributed by atoms with van der Waals surface area (Å²) in [6, 6.07) is 7.21. The van der Waals surface area contributed by atoms with Gasteiger partial charge in [0.05, 0.1) is 10.6 Å². The van der Waals surface area contributed by atoms with E-state index in [1.54, 1.807) is 29.1 Å². The number of aromatic nitrogens is 2. The molecule has 0 fully saturated rings. The molecule has 1 aromatic heterocycles. The van der Waals surface area contributed by atoms with Crippen molar-refractivity contribution < 1.29 is 4.79 Å². The van der Waals surface area contributed by atoms with Crippen LogP contribution in [0.4, 0.5) is 0 Å². The SMILES string of the molecule is Cn1nccc1CCNC(=O)c1cccc(Br)c1Cl. The number of benzene rings is 1. The van der Waals surface area contributed by atoms with Crippen molar-refractivity contribution in [2.75, 3.05) is 6.54 Å².